The highest BCUT2D eigenvalue weighted by molar-refractivity contribution is 5.67. The molecule has 3 N–H and O–H groups in total. The number of piperidine rings is 1. The molecule has 0 aromatic carbocycles. The summed E-state index contributed by atoms with van der Waals surface area (Å²) in [6, 6.07) is 0.515. The van der Waals surface area contributed by atoms with Gasteiger partial charge in [-0.2, -0.15) is 0 Å². The Kier molecular flexibility index (Phi) is 7.44. The zero-order valence-corrected chi connectivity index (χ0v) is 16.0. The molecule has 5 nitrogen and oxygen atoms in total. The van der Waals surface area contributed by atoms with Crippen molar-refractivity contribution in [1.82, 2.24) is 10.6 Å². The molecule has 1 saturated heterocycles. The molecule has 0 spiro atoms. The van der Waals surface area contributed by atoms with E-state index < -0.39 is 0 Å². The van der Waals surface area contributed by atoms with Gasteiger partial charge < -0.3 is 15.7 Å². The highest BCUT2D eigenvalue weighted by atomic mass is 16.3. The summed E-state index contributed by atoms with van der Waals surface area (Å²) >= 11 is 0. The van der Waals surface area contributed by atoms with Gasteiger partial charge >= 0.3 is 0 Å². The number of aliphatic imine (C=N–C) groups is 2. The van der Waals surface area contributed by atoms with Gasteiger partial charge in [0.15, 0.2) is 0 Å². The smallest absolute Gasteiger partial charge is 0.0782 e. The minimum Gasteiger partial charge on any atom is -0.392 e. The first-order chi connectivity index (χ1) is 12.7. The van der Waals surface area contributed by atoms with Crippen LogP contribution in [0.5, 0.6) is 0 Å². The Labute approximate surface area is 157 Å². The van der Waals surface area contributed by atoms with E-state index in [1.807, 2.05) is 12.4 Å². The van der Waals surface area contributed by atoms with E-state index in [1.54, 1.807) is 0 Å². The van der Waals surface area contributed by atoms with E-state index in [2.05, 4.69) is 45.8 Å². The fourth-order valence-electron chi connectivity index (χ4n) is 4.22. The van der Waals surface area contributed by atoms with E-state index in [-0.39, 0.29) is 17.9 Å². The lowest BCUT2D eigenvalue weighted by atomic mass is 9.74. The molecule has 0 amide bonds. The van der Waals surface area contributed by atoms with Crippen LogP contribution in [0.15, 0.2) is 33.9 Å². The van der Waals surface area contributed by atoms with Gasteiger partial charge in [-0.1, -0.05) is 25.5 Å². The third kappa shape index (κ3) is 5.78. The minimum atomic E-state index is -0.369. The third-order valence-corrected chi connectivity index (χ3v) is 5.70. The van der Waals surface area contributed by atoms with Crippen LogP contribution in [0.2, 0.25) is 0 Å². The highest BCUT2D eigenvalue weighted by Crippen LogP contribution is 2.32. The summed E-state index contributed by atoms with van der Waals surface area (Å²) in [5.74, 6) is 0.866. The van der Waals surface area contributed by atoms with Crippen molar-refractivity contribution in [2.24, 2.45) is 27.7 Å². The Morgan fingerprint density at radius 1 is 1.19 bits per heavy atom. The molecule has 3 aliphatic rings. The van der Waals surface area contributed by atoms with Crippen LogP contribution in [-0.2, 0) is 0 Å². The van der Waals surface area contributed by atoms with Gasteiger partial charge in [-0.05, 0) is 44.2 Å². The average molecular weight is 359 g/mol. The highest BCUT2D eigenvalue weighted by Gasteiger charge is 2.33. The second-order valence-corrected chi connectivity index (χ2v) is 8.05. The maximum atomic E-state index is 10.8. The Bertz CT molecular complexity index is 548. The van der Waals surface area contributed by atoms with E-state index >= 15 is 0 Å². The van der Waals surface area contributed by atoms with E-state index in [0.717, 1.165) is 38.2 Å². The van der Waals surface area contributed by atoms with Crippen molar-refractivity contribution in [2.75, 3.05) is 26.2 Å². The minimum absolute atomic E-state index is 0.128. The monoisotopic (exact) mass is 358 g/mol. The van der Waals surface area contributed by atoms with Crippen LogP contribution < -0.4 is 10.6 Å². The number of aliphatic hydroxyl groups is 1. The first-order valence-corrected chi connectivity index (χ1v) is 10.2. The zero-order valence-electron chi connectivity index (χ0n) is 16.0. The van der Waals surface area contributed by atoms with Crippen LogP contribution in [0.4, 0.5) is 0 Å². The maximum Gasteiger partial charge on any atom is 0.0782 e. The largest absolute Gasteiger partial charge is 0.392 e. The van der Waals surface area contributed by atoms with Gasteiger partial charge in [0.25, 0.3) is 0 Å². The first-order valence-electron chi connectivity index (χ1n) is 10.2. The lowest BCUT2D eigenvalue weighted by molar-refractivity contribution is 0.0586. The average Bonchev–Trinajstić information content (AvgIpc) is 2.67. The predicted molar refractivity (Wildman–Crippen MR) is 109 cm³/mol. The molecule has 0 bridgehead atoms. The SMILES string of the molecule is CC1CC(C=NCC2=CC=CCN2)C(O)C(C=NCC2CCCCN2)C1. The van der Waals surface area contributed by atoms with E-state index in [0.29, 0.717) is 18.5 Å². The number of dihydropyridines is 1. The van der Waals surface area contributed by atoms with Crippen LogP contribution >= 0.6 is 0 Å². The maximum absolute atomic E-state index is 10.8. The summed E-state index contributed by atoms with van der Waals surface area (Å²) in [5, 5.41) is 17.6. The van der Waals surface area contributed by atoms with Crippen molar-refractivity contribution in [2.45, 2.75) is 51.2 Å². The van der Waals surface area contributed by atoms with Crippen LogP contribution in [0.3, 0.4) is 0 Å². The van der Waals surface area contributed by atoms with Crippen LogP contribution in [0.25, 0.3) is 0 Å². The van der Waals surface area contributed by atoms with Gasteiger partial charge in [0, 0.05) is 42.5 Å². The summed E-state index contributed by atoms with van der Waals surface area (Å²) < 4.78 is 0. The molecule has 2 heterocycles. The van der Waals surface area contributed by atoms with Gasteiger partial charge in [0.1, 0.15) is 0 Å². The Hall–Kier alpha value is -1.46. The number of nitrogens with one attached hydrogen (secondary N) is 2. The summed E-state index contributed by atoms with van der Waals surface area (Å²) in [4.78, 5) is 9.26. The molecule has 3 rings (SSSR count). The lowest BCUT2D eigenvalue weighted by Gasteiger charge is -2.34. The summed E-state index contributed by atoms with van der Waals surface area (Å²) in [7, 11) is 0. The van der Waals surface area contributed by atoms with Crippen LogP contribution in [0, 0.1) is 17.8 Å². The molecule has 0 aromatic heterocycles. The van der Waals surface area contributed by atoms with Gasteiger partial charge in [-0.25, -0.2) is 0 Å². The molecular formula is C21H34N4O. The molecule has 2 fully saturated rings. The van der Waals surface area contributed by atoms with Crippen molar-refractivity contribution in [3.05, 3.63) is 23.9 Å². The number of hydrogen-bond acceptors (Lipinski definition) is 5. The third-order valence-electron chi connectivity index (χ3n) is 5.70. The fourth-order valence-corrected chi connectivity index (χ4v) is 4.22. The van der Waals surface area contributed by atoms with Crippen molar-refractivity contribution >= 4 is 12.4 Å². The van der Waals surface area contributed by atoms with Crippen molar-refractivity contribution < 1.29 is 5.11 Å². The van der Waals surface area contributed by atoms with Gasteiger partial charge in [0.05, 0.1) is 19.2 Å². The zero-order chi connectivity index (χ0) is 18.2. The van der Waals surface area contributed by atoms with Crippen LogP contribution in [0.1, 0.15) is 39.0 Å². The molecule has 5 atom stereocenters. The molecule has 144 valence electrons. The van der Waals surface area contributed by atoms with Gasteiger partial charge in [-0.15, -0.1) is 0 Å². The molecule has 26 heavy (non-hydrogen) atoms. The Morgan fingerprint density at radius 2 is 2.00 bits per heavy atom. The topological polar surface area (TPSA) is 69.0 Å². The quantitative estimate of drug-likeness (QED) is 0.638. The number of aliphatic hydroxyl groups excluding tert-OH is 1. The molecule has 0 radical (unpaired) electrons. The van der Waals surface area contributed by atoms with Crippen molar-refractivity contribution in [3.8, 4) is 0 Å². The Morgan fingerprint density at radius 3 is 2.69 bits per heavy atom. The van der Waals surface area contributed by atoms with E-state index in [1.165, 1.54) is 19.3 Å². The number of nitrogens with zero attached hydrogens (tertiary/aromatic N) is 2. The molecule has 1 saturated carbocycles. The van der Waals surface area contributed by atoms with Crippen molar-refractivity contribution in [3.63, 3.8) is 0 Å². The van der Waals surface area contributed by atoms with Gasteiger partial charge in [0.2, 0.25) is 0 Å². The molecule has 0 aromatic rings. The summed E-state index contributed by atoms with van der Waals surface area (Å²) in [6.45, 7) is 5.76. The molecule has 5 unspecified atom stereocenters. The second kappa shape index (κ2) is 10.0. The molecular weight excluding hydrogens is 324 g/mol. The molecule has 1 aliphatic carbocycles. The van der Waals surface area contributed by atoms with E-state index in [4.69, 9.17) is 0 Å². The van der Waals surface area contributed by atoms with E-state index in [9.17, 15) is 5.11 Å². The number of hydrogen-bond donors (Lipinski definition) is 3. The Balaban J connectivity index is 1.50. The van der Waals surface area contributed by atoms with Gasteiger partial charge in [-0.3, -0.25) is 9.98 Å². The second-order valence-electron chi connectivity index (χ2n) is 8.05. The lowest BCUT2D eigenvalue weighted by Crippen LogP contribution is -2.39. The van der Waals surface area contributed by atoms with Crippen molar-refractivity contribution in [1.29, 1.82) is 0 Å². The predicted octanol–water partition coefficient (Wildman–Crippen LogP) is 2.34. The standard InChI is InChI=1S/C21H34N4O/c1-16-10-17(12-22-14-19-6-2-4-8-24-19)21(26)18(11-16)13-23-15-20-7-3-5-9-25-20/h2,4,6,12-13,16-18,20-21,24-26H,3,5,7-11,14-15H2,1H3. The number of allylic oxidation sites excluding steroid dienone is 2. The summed E-state index contributed by atoms with van der Waals surface area (Å²) in [5.41, 5.74) is 1.14. The first kappa shape index (κ1) is 19.3. The van der Waals surface area contributed by atoms with Crippen LogP contribution in [-0.4, -0.2) is 55.9 Å². The molecule has 2 aliphatic heterocycles. The fraction of sp³-hybridized carbons (Fsp3) is 0.714. The summed E-state index contributed by atoms with van der Waals surface area (Å²) in [6.07, 6.45) is 15.7. The molecule has 5 heteroatoms. The normalized spacial score (nSPS) is 35.6. The number of rotatable bonds is 6.